The standard InChI is InChI=1S/C17H17N3O2S/c18-13-14-6-1-2-9-17(14)23(21,22)19-15-7-5-8-16(12-15)20-10-3-4-11-20/h1-2,5-9,12,19H,3-4,10-11H2. The highest BCUT2D eigenvalue weighted by atomic mass is 32.2. The molecule has 1 aliphatic heterocycles. The number of hydrogen-bond donors (Lipinski definition) is 1. The van der Waals surface area contributed by atoms with E-state index in [0.29, 0.717) is 5.69 Å². The van der Waals surface area contributed by atoms with Crippen molar-refractivity contribution in [1.82, 2.24) is 0 Å². The Balaban J connectivity index is 1.89. The van der Waals surface area contributed by atoms with E-state index < -0.39 is 10.0 Å². The molecule has 1 aliphatic rings. The van der Waals surface area contributed by atoms with E-state index in [1.54, 1.807) is 18.2 Å². The molecule has 3 rings (SSSR count). The Kier molecular flexibility index (Phi) is 4.22. The largest absolute Gasteiger partial charge is 0.371 e. The second-order valence-corrected chi connectivity index (χ2v) is 7.11. The van der Waals surface area contributed by atoms with E-state index in [-0.39, 0.29) is 10.5 Å². The second-order valence-electron chi connectivity index (χ2n) is 5.46. The first kappa shape index (κ1) is 15.4. The molecule has 0 unspecified atom stereocenters. The summed E-state index contributed by atoms with van der Waals surface area (Å²) in [6, 6.07) is 15.5. The van der Waals surface area contributed by atoms with Crippen molar-refractivity contribution in [3.8, 4) is 6.07 Å². The maximum absolute atomic E-state index is 12.5. The van der Waals surface area contributed by atoms with Crippen LogP contribution in [0.15, 0.2) is 53.4 Å². The van der Waals surface area contributed by atoms with E-state index in [9.17, 15) is 8.42 Å². The van der Waals surface area contributed by atoms with Crippen molar-refractivity contribution < 1.29 is 8.42 Å². The summed E-state index contributed by atoms with van der Waals surface area (Å²) in [5.74, 6) is 0. The van der Waals surface area contributed by atoms with Crippen LogP contribution in [0.1, 0.15) is 18.4 Å². The number of benzene rings is 2. The lowest BCUT2D eigenvalue weighted by molar-refractivity contribution is 0.601. The molecule has 23 heavy (non-hydrogen) atoms. The minimum Gasteiger partial charge on any atom is -0.371 e. The topological polar surface area (TPSA) is 73.2 Å². The van der Waals surface area contributed by atoms with Gasteiger partial charge in [0.05, 0.1) is 11.3 Å². The fraction of sp³-hybridized carbons (Fsp3) is 0.235. The minimum absolute atomic E-state index is 0.00549. The van der Waals surface area contributed by atoms with Crippen molar-refractivity contribution >= 4 is 21.4 Å². The highest BCUT2D eigenvalue weighted by molar-refractivity contribution is 7.92. The minimum atomic E-state index is -3.79. The van der Waals surface area contributed by atoms with Crippen LogP contribution in [0.25, 0.3) is 0 Å². The van der Waals surface area contributed by atoms with Gasteiger partial charge in [-0.05, 0) is 43.2 Å². The summed E-state index contributed by atoms with van der Waals surface area (Å²) in [5.41, 5.74) is 1.65. The molecule has 0 radical (unpaired) electrons. The van der Waals surface area contributed by atoms with Crippen LogP contribution in [0, 0.1) is 11.3 Å². The molecular weight excluding hydrogens is 310 g/mol. The van der Waals surface area contributed by atoms with Crippen molar-refractivity contribution in [2.45, 2.75) is 17.7 Å². The summed E-state index contributed by atoms with van der Waals surface area (Å²) >= 11 is 0. The molecule has 1 heterocycles. The van der Waals surface area contributed by atoms with Crippen molar-refractivity contribution in [3.05, 3.63) is 54.1 Å². The SMILES string of the molecule is N#Cc1ccccc1S(=O)(=O)Nc1cccc(N2CCCC2)c1. The fourth-order valence-electron chi connectivity index (χ4n) is 2.74. The molecule has 0 atom stereocenters. The Labute approximate surface area is 136 Å². The average molecular weight is 327 g/mol. The average Bonchev–Trinajstić information content (AvgIpc) is 3.09. The second kappa shape index (κ2) is 6.31. The van der Waals surface area contributed by atoms with Gasteiger partial charge in [-0.3, -0.25) is 4.72 Å². The molecule has 118 valence electrons. The van der Waals surface area contributed by atoms with Crippen molar-refractivity contribution in [2.75, 3.05) is 22.7 Å². The maximum Gasteiger partial charge on any atom is 0.263 e. The zero-order valence-electron chi connectivity index (χ0n) is 12.6. The van der Waals surface area contributed by atoms with Crippen LogP contribution in [0.5, 0.6) is 0 Å². The smallest absolute Gasteiger partial charge is 0.263 e. The molecule has 2 aromatic rings. The molecule has 0 saturated carbocycles. The van der Waals surface area contributed by atoms with E-state index in [2.05, 4.69) is 9.62 Å². The monoisotopic (exact) mass is 327 g/mol. The lowest BCUT2D eigenvalue weighted by atomic mass is 10.2. The van der Waals surface area contributed by atoms with Gasteiger partial charge in [0.25, 0.3) is 10.0 Å². The van der Waals surface area contributed by atoms with E-state index >= 15 is 0 Å². The van der Waals surface area contributed by atoms with Gasteiger partial charge in [0.2, 0.25) is 0 Å². The third-order valence-corrected chi connectivity index (χ3v) is 5.31. The van der Waals surface area contributed by atoms with Crippen molar-refractivity contribution in [3.63, 3.8) is 0 Å². The zero-order chi connectivity index (χ0) is 16.3. The molecular formula is C17H17N3O2S. The molecule has 0 bridgehead atoms. The summed E-state index contributed by atoms with van der Waals surface area (Å²) in [4.78, 5) is 2.23. The maximum atomic E-state index is 12.5. The third-order valence-electron chi connectivity index (χ3n) is 3.87. The van der Waals surface area contributed by atoms with Gasteiger partial charge < -0.3 is 4.90 Å². The molecule has 0 aliphatic carbocycles. The zero-order valence-corrected chi connectivity index (χ0v) is 13.4. The van der Waals surface area contributed by atoms with Crippen molar-refractivity contribution in [1.29, 1.82) is 5.26 Å². The molecule has 1 N–H and O–H groups in total. The lowest BCUT2D eigenvalue weighted by Gasteiger charge is -2.18. The van der Waals surface area contributed by atoms with Gasteiger partial charge in [0, 0.05) is 18.8 Å². The molecule has 5 nitrogen and oxygen atoms in total. The van der Waals surface area contributed by atoms with Crippen LogP contribution in [-0.4, -0.2) is 21.5 Å². The number of rotatable bonds is 4. The Morgan fingerprint density at radius 1 is 1.04 bits per heavy atom. The first-order chi connectivity index (χ1) is 11.1. The molecule has 0 spiro atoms. The number of hydrogen-bond acceptors (Lipinski definition) is 4. The van der Waals surface area contributed by atoms with Crippen LogP contribution < -0.4 is 9.62 Å². The number of sulfonamides is 1. The van der Waals surface area contributed by atoms with Gasteiger partial charge in [0.1, 0.15) is 11.0 Å². The Hall–Kier alpha value is -2.52. The van der Waals surface area contributed by atoms with Gasteiger partial charge in [-0.25, -0.2) is 8.42 Å². The van der Waals surface area contributed by atoms with Crippen LogP contribution >= 0.6 is 0 Å². The van der Waals surface area contributed by atoms with E-state index in [1.807, 2.05) is 24.3 Å². The van der Waals surface area contributed by atoms with Crippen LogP contribution in [-0.2, 0) is 10.0 Å². The number of nitrogens with one attached hydrogen (secondary N) is 1. The predicted molar refractivity (Wildman–Crippen MR) is 89.9 cm³/mol. The first-order valence-corrected chi connectivity index (χ1v) is 8.95. The van der Waals surface area contributed by atoms with Gasteiger partial charge >= 0.3 is 0 Å². The van der Waals surface area contributed by atoms with E-state index in [4.69, 9.17) is 5.26 Å². The summed E-state index contributed by atoms with van der Waals surface area (Å²) in [6.45, 7) is 1.99. The predicted octanol–water partition coefficient (Wildman–Crippen LogP) is 2.96. The molecule has 1 saturated heterocycles. The van der Waals surface area contributed by atoms with Crippen LogP contribution in [0.3, 0.4) is 0 Å². The third kappa shape index (κ3) is 3.30. The molecule has 6 heteroatoms. The first-order valence-electron chi connectivity index (χ1n) is 7.47. The Morgan fingerprint density at radius 3 is 2.52 bits per heavy atom. The molecule has 0 amide bonds. The highest BCUT2D eigenvalue weighted by Crippen LogP contribution is 2.25. The van der Waals surface area contributed by atoms with Gasteiger partial charge in [-0.1, -0.05) is 18.2 Å². The number of nitrogens with zero attached hydrogens (tertiary/aromatic N) is 2. The van der Waals surface area contributed by atoms with Crippen LogP contribution in [0.2, 0.25) is 0 Å². The lowest BCUT2D eigenvalue weighted by Crippen LogP contribution is -2.18. The summed E-state index contributed by atoms with van der Waals surface area (Å²) in [7, 11) is -3.79. The Morgan fingerprint density at radius 2 is 1.78 bits per heavy atom. The Bertz CT molecular complexity index is 850. The van der Waals surface area contributed by atoms with Crippen molar-refractivity contribution in [2.24, 2.45) is 0 Å². The fourth-order valence-corrected chi connectivity index (χ4v) is 3.95. The number of anilines is 2. The van der Waals surface area contributed by atoms with Gasteiger partial charge in [-0.15, -0.1) is 0 Å². The highest BCUT2D eigenvalue weighted by Gasteiger charge is 2.19. The molecule has 0 aromatic heterocycles. The van der Waals surface area contributed by atoms with Gasteiger partial charge in [-0.2, -0.15) is 5.26 Å². The summed E-state index contributed by atoms with van der Waals surface area (Å²) in [5, 5.41) is 9.09. The molecule has 1 fully saturated rings. The normalized spacial score (nSPS) is 14.5. The summed E-state index contributed by atoms with van der Waals surface area (Å²) in [6.07, 6.45) is 2.32. The molecule has 2 aromatic carbocycles. The van der Waals surface area contributed by atoms with E-state index in [1.165, 1.54) is 12.1 Å². The quantitative estimate of drug-likeness (QED) is 0.937. The summed E-state index contributed by atoms with van der Waals surface area (Å²) < 4.78 is 27.6. The van der Waals surface area contributed by atoms with Crippen LogP contribution in [0.4, 0.5) is 11.4 Å². The van der Waals surface area contributed by atoms with Gasteiger partial charge in [0.15, 0.2) is 0 Å². The number of nitriles is 1. The van der Waals surface area contributed by atoms with E-state index in [0.717, 1.165) is 31.6 Å².